The van der Waals surface area contributed by atoms with Gasteiger partial charge in [0.15, 0.2) is 0 Å². The highest BCUT2D eigenvalue weighted by atomic mass is 32.2. The first-order chi connectivity index (χ1) is 10.7. The van der Waals surface area contributed by atoms with Crippen LogP contribution in [-0.2, 0) is 25.9 Å². The summed E-state index contributed by atoms with van der Waals surface area (Å²) in [7, 11) is -1.67. The number of sulfonamides is 1. The van der Waals surface area contributed by atoms with Crippen LogP contribution in [0, 0.1) is 0 Å². The van der Waals surface area contributed by atoms with E-state index in [1.54, 1.807) is 13.3 Å². The summed E-state index contributed by atoms with van der Waals surface area (Å²) in [6.07, 6.45) is 7.08. The highest BCUT2D eigenvalue weighted by molar-refractivity contribution is 7.88. The number of hydrogen-bond acceptors (Lipinski definition) is 5. The summed E-state index contributed by atoms with van der Waals surface area (Å²) in [6, 6.07) is 3.91. The Bertz CT molecular complexity index is 546. The molecule has 0 aliphatic heterocycles. The summed E-state index contributed by atoms with van der Waals surface area (Å²) < 4.78 is 36.5. The number of ether oxygens (including phenoxy) is 2. The molecule has 1 unspecified atom stereocenters. The van der Waals surface area contributed by atoms with E-state index in [4.69, 9.17) is 9.47 Å². The molecule has 0 fully saturated rings. The molecule has 1 aromatic rings. The van der Waals surface area contributed by atoms with E-state index >= 15 is 0 Å². The molecule has 1 N–H and O–H groups in total. The van der Waals surface area contributed by atoms with E-state index in [1.165, 1.54) is 0 Å². The van der Waals surface area contributed by atoms with Gasteiger partial charge in [-0.1, -0.05) is 6.07 Å². The highest BCUT2D eigenvalue weighted by Crippen LogP contribution is 2.17. The molecule has 132 valence electrons. The van der Waals surface area contributed by atoms with E-state index in [0.29, 0.717) is 19.4 Å². The van der Waals surface area contributed by atoms with Crippen molar-refractivity contribution in [2.45, 2.75) is 51.4 Å². The number of hydrogen-bond donors (Lipinski definition) is 1. The quantitative estimate of drug-likeness (QED) is 0.491. The normalized spacial score (nSPS) is 13.9. The molecule has 1 atom stereocenters. The van der Waals surface area contributed by atoms with Crippen LogP contribution >= 0.6 is 0 Å². The Morgan fingerprint density at radius 2 is 2.13 bits per heavy atom. The van der Waals surface area contributed by atoms with E-state index < -0.39 is 16.3 Å². The molecule has 0 radical (unpaired) electrons. The van der Waals surface area contributed by atoms with Crippen molar-refractivity contribution in [2.24, 2.45) is 0 Å². The topological polar surface area (TPSA) is 77.5 Å². The maximum absolute atomic E-state index is 11.5. The summed E-state index contributed by atoms with van der Waals surface area (Å²) in [4.78, 5) is 4.07. The van der Waals surface area contributed by atoms with Gasteiger partial charge in [-0.15, -0.1) is 0 Å². The van der Waals surface area contributed by atoms with Crippen molar-refractivity contribution in [3.63, 3.8) is 0 Å². The van der Waals surface area contributed by atoms with Gasteiger partial charge in [0.05, 0.1) is 11.9 Å². The Hall–Kier alpha value is -1.02. The van der Waals surface area contributed by atoms with Gasteiger partial charge >= 0.3 is 0 Å². The fourth-order valence-corrected chi connectivity index (χ4v) is 2.71. The van der Waals surface area contributed by atoms with Gasteiger partial charge in [0.2, 0.25) is 10.0 Å². The minimum absolute atomic E-state index is 0.309. The first-order valence-corrected chi connectivity index (χ1v) is 9.64. The van der Waals surface area contributed by atoms with E-state index in [9.17, 15) is 8.42 Å². The molecule has 0 aliphatic carbocycles. The van der Waals surface area contributed by atoms with Crippen molar-refractivity contribution in [1.29, 1.82) is 0 Å². The van der Waals surface area contributed by atoms with Crippen molar-refractivity contribution < 1.29 is 17.9 Å². The standard InChI is InChI=1S/C16H28N2O4S/c1-16(2,21-3)10-9-15(18-23(4,19)20)22-12-6-8-14-7-5-11-17-13-14/h5,7,11,13,15,18H,6,8-10,12H2,1-4H3. The number of rotatable bonds is 11. The summed E-state index contributed by atoms with van der Waals surface area (Å²) in [6.45, 7) is 4.41. The van der Waals surface area contributed by atoms with Crippen LogP contribution in [0.25, 0.3) is 0 Å². The lowest BCUT2D eigenvalue weighted by molar-refractivity contribution is -0.0149. The van der Waals surface area contributed by atoms with Crippen molar-refractivity contribution in [1.82, 2.24) is 9.71 Å². The zero-order valence-electron chi connectivity index (χ0n) is 14.4. The Morgan fingerprint density at radius 3 is 2.70 bits per heavy atom. The van der Waals surface area contributed by atoms with Gasteiger partial charge in [-0.05, 0) is 51.2 Å². The smallest absolute Gasteiger partial charge is 0.210 e. The monoisotopic (exact) mass is 344 g/mol. The second-order valence-corrected chi connectivity index (χ2v) is 8.00. The molecular weight excluding hydrogens is 316 g/mol. The lowest BCUT2D eigenvalue weighted by atomic mass is 10.0. The predicted octanol–water partition coefficient (Wildman–Crippen LogP) is 2.11. The van der Waals surface area contributed by atoms with Crippen LogP contribution in [0.4, 0.5) is 0 Å². The SMILES string of the molecule is COC(C)(C)CCC(NS(C)(=O)=O)OCCCc1cccnc1. The lowest BCUT2D eigenvalue weighted by Crippen LogP contribution is -2.38. The maximum Gasteiger partial charge on any atom is 0.210 e. The number of methoxy groups -OCH3 is 1. The van der Waals surface area contributed by atoms with Crippen LogP contribution in [0.1, 0.15) is 38.7 Å². The Labute approximate surface area is 139 Å². The maximum atomic E-state index is 11.5. The summed E-state index contributed by atoms with van der Waals surface area (Å²) in [5.41, 5.74) is 0.834. The minimum atomic E-state index is -3.31. The molecule has 7 heteroatoms. The average molecular weight is 344 g/mol. The molecule has 23 heavy (non-hydrogen) atoms. The largest absolute Gasteiger partial charge is 0.379 e. The third-order valence-corrected chi connectivity index (χ3v) is 4.25. The van der Waals surface area contributed by atoms with E-state index in [1.807, 2.05) is 32.2 Å². The van der Waals surface area contributed by atoms with E-state index in [2.05, 4.69) is 9.71 Å². The fraction of sp³-hybridized carbons (Fsp3) is 0.688. The molecule has 1 aromatic heterocycles. The molecule has 0 amide bonds. The zero-order chi connectivity index (χ0) is 17.3. The van der Waals surface area contributed by atoms with Gasteiger partial charge in [-0.2, -0.15) is 4.72 Å². The first kappa shape index (κ1) is 20.0. The van der Waals surface area contributed by atoms with Crippen LogP contribution in [0.2, 0.25) is 0 Å². The van der Waals surface area contributed by atoms with Crippen LogP contribution in [0.3, 0.4) is 0 Å². The second-order valence-electron chi connectivity index (χ2n) is 6.22. The molecule has 0 spiro atoms. The number of nitrogens with one attached hydrogen (secondary N) is 1. The fourth-order valence-electron chi connectivity index (χ4n) is 2.04. The number of aromatic nitrogens is 1. The van der Waals surface area contributed by atoms with Gasteiger partial charge in [0.25, 0.3) is 0 Å². The van der Waals surface area contributed by atoms with Crippen LogP contribution in [-0.4, -0.2) is 45.2 Å². The van der Waals surface area contributed by atoms with Crippen LogP contribution in [0.15, 0.2) is 24.5 Å². The molecule has 1 rings (SSSR count). The third-order valence-electron chi connectivity index (χ3n) is 3.56. The molecule has 0 aromatic carbocycles. The summed E-state index contributed by atoms with van der Waals surface area (Å²) in [5, 5.41) is 0. The number of pyridine rings is 1. The van der Waals surface area contributed by atoms with Gasteiger partial charge in [0, 0.05) is 26.1 Å². The van der Waals surface area contributed by atoms with Crippen LogP contribution < -0.4 is 4.72 Å². The minimum Gasteiger partial charge on any atom is -0.379 e. The number of nitrogens with zero attached hydrogens (tertiary/aromatic N) is 1. The molecule has 0 saturated heterocycles. The van der Waals surface area contributed by atoms with Crippen LogP contribution in [0.5, 0.6) is 0 Å². The molecule has 1 heterocycles. The zero-order valence-corrected chi connectivity index (χ0v) is 15.2. The molecule has 6 nitrogen and oxygen atoms in total. The lowest BCUT2D eigenvalue weighted by Gasteiger charge is -2.26. The third kappa shape index (κ3) is 9.65. The van der Waals surface area contributed by atoms with Crippen molar-refractivity contribution in [3.8, 4) is 0 Å². The molecule has 0 bridgehead atoms. The number of aryl methyl sites for hydroxylation is 1. The predicted molar refractivity (Wildman–Crippen MR) is 90.6 cm³/mol. The highest BCUT2D eigenvalue weighted by Gasteiger charge is 2.21. The second kappa shape index (κ2) is 9.32. The summed E-state index contributed by atoms with van der Waals surface area (Å²) >= 11 is 0. The summed E-state index contributed by atoms with van der Waals surface area (Å²) in [5.74, 6) is 0. The van der Waals surface area contributed by atoms with Crippen molar-refractivity contribution in [3.05, 3.63) is 30.1 Å². The van der Waals surface area contributed by atoms with E-state index in [-0.39, 0.29) is 5.60 Å². The molecule has 0 aliphatic rings. The molecule has 0 saturated carbocycles. The molecular formula is C16H28N2O4S. The Kier molecular flexibility index (Phi) is 8.11. The van der Waals surface area contributed by atoms with Gasteiger partial charge in [-0.3, -0.25) is 4.98 Å². The van der Waals surface area contributed by atoms with E-state index in [0.717, 1.165) is 24.7 Å². The Morgan fingerprint density at radius 1 is 1.39 bits per heavy atom. The van der Waals surface area contributed by atoms with Gasteiger partial charge in [-0.25, -0.2) is 8.42 Å². The average Bonchev–Trinajstić information content (AvgIpc) is 2.49. The van der Waals surface area contributed by atoms with Crippen molar-refractivity contribution in [2.75, 3.05) is 20.0 Å². The first-order valence-electron chi connectivity index (χ1n) is 7.75. The van der Waals surface area contributed by atoms with Gasteiger partial charge < -0.3 is 9.47 Å². The Balaban J connectivity index is 2.43. The van der Waals surface area contributed by atoms with Crippen molar-refractivity contribution >= 4 is 10.0 Å². The van der Waals surface area contributed by atoms with Gasteiger partial charge in [0.1, 0.15) is 6.23 Å².